The summed E-state index contributed by atoms with van der Waals surface area (Å²) < 4.78 is 22.5. The minimum atomic E-state index is -3.38. The Morgan fingerprint density at radius 3 is 2.63 bits per heavy atom. The lowest BCUT2D eigenvalue weighted by atomic mass is 10.1. The van der Waals surface area contributed by atoms with E-state index in [-0.39, 0.29) is 11.5 Å². The second-order valence-electron chi connectivity index (χ2n) is 4.25. The quantitative estimate of drug-likeness (QED) is 0.767. The van der Waals surface area contributed by atoms with Gasteiger partial charge in [0.15, 0.2) is 9.84 Å². The Morgan fingerprint density at radius 1 is 1.47 bits per heavy atom. The molecular weight excluding hydrogens is 284 g/mol. The van der Waals surface area contributed by atoms with Crippen molar-refractivity contribution in [1.29, 1.82) is 0 Å². The average Bonchev–Trinajstić information content (AvgIpc) is 2.34. The lowest BCUT2D eigenvalue weighted by molar-refractivity contribution is -0.120. The lowest BCUT2D eigenvalue weighted by Crippen LogP contribution is -2.37. The van der Waals surface area contributed by atoms with Gasteiger partial charge in [0, 0.05) is 18.4 Å². The standard InChI is InChI=1S/C12H16N2O3S2/c1-8(19(2,16)17)12(15)14-7-9-4-3-5-10(6-9)11(13)18/h3-6,8H,7H2,1-2H3,(H2,13,18)(H,14,15). The first-order valence-corrected chi connectivity index (χ1v) is 7.93. The maximum atomic E-state index is 11.6. The van der Waals surface area contributed by atoms with Crippen molar-refractivity contribution in [3.05, 3.63) is 35.4 Å². The molecule has 1 rings (SSSR count). The van der Waals surface area contributed by atoms with Crippen molar-refractivity contribution in [3.63, 3.8) is 0 Å². The summed E-state index contributed by atoms with van der Waals surface area (Å²) in [6.45, 7) is 1.59. The van der Waals surface area contributed by atoms with E-state index in [2.05, 4.69) is 5.32 Å². The Balaban J connectivity index is 2.70. The third kappa shape index (κ3) is 4.60. The predicted octanol–water partition coefficient (Wildman–Crippen LogP) is 0.370. The van der Waals surface area contributed by atoms with Crippen LogP contribution in [-0.4, -0.2) is 30.8 Å². The van der Waals surface area contributed by atoms with Crippen LogP contribution < -0.4 is 11.1 Å². The Hall–Kier alpha value is -1.47. The first-order valence-electron chi connectivity index (χ1n) is 5.57. The van der Waals surface area contributed by atoms with E-state index in [0.29, 0.717) is 5.56 Å². The fraction of sp³-hybridized carbons (Fsp3) is 0.333. The number of amides is 1. The summed E-state index contributed by atoms with van der Waals surface area (Å²) in [6.07, 6.45) is 1.03. The summed E-state index contributed by atoms with van der Waals surface area (Å²) in [6, 6.07) is 7.10. The molecule has 7 heteroatoms. The van der Waals surface area contributed by atoms with Gasteiger partial charge in [0.2, 0.25) is 5.91 Å². The van der Waals surface area contributed by atoms with Crippen LogP contribution in [0.1, 0.15) is 18.1 Å². The zero-order valence-electron chi connectivity index (χ0n) is 10.7. The molecule has 0 heterocycles. The number of thiocarbonyl (C=S) groups is 1. The van der Waals surface area contributed by atoms with Crippen LogP contribution in [0.4, 0.5) is 0 Å². The first-order chi connectivity index (χ1) is 8.71. The zero-order valence-corrected chi connectivity index (χ0v) is 12.3. The van der Waals surface area contributed by atoms with E-state index in [1.54, 1.807) is 24.3 Å². The predicted molar refractivity (Wildman–Crippen MR) is 78.5 cm³/mol. The maximum Gasteiger partial charge on any atom is 0.238 e. The van der Waals surface area contributed by atoms with Gasteiger partial charge in [-0.3, -0.25) is 4.79 Å². The molecule has 0 radical (unpaired) electrons. The fourth-order valence-corrected chi connectivity index (χ4v) is 1.96. The van der Waals surface area contributed by atoms with Gasteiger partial charge in [0.1, 0.15) is 10.2 Å². The van der Waals surface area contributed by atoms with Crippen LogP contribution in [0.2, 0.25) is 0 Å². The van der Waals surface area contributed by atoms with Gasteiger partial charge in [-0.1, -0.05) is 30.4 Å². The molecule has 0 aliphatic heterocycles. The second-order valence-corrected chi connectivity index (χ2v) is 7.06. The highest BCUT2D eigenvalue weighted by Gasteiger charge is 2.22. The first kappa shape index (κ1) is 15.6. The molecule has 5 nitrogen and oxygen atoms in total. The van der Waals surface area contributed by atoms with Crippen LogP contribution in [0.5, 0.6) is 0 Å². The van der Waals surface area contributed by atoms with E-state index in [1.165, 1.54) is 6.92 Å². The normalized spacial score (nSPS) is 12.7. The molecule has 0 aliphatic rings. The summed E-state index contributed by atoms with van der Waals surface area (Å²) in [7, 11) is -3.38. The highest BCUT2D eigenvalue weighted by molar-refractivity contribution is 7.92. The van der Waals surface area contributed by atoms with Gasteiger partial charge < -0.3 is 11.1 Å². The number of carbonyl (C=O) groups is 1. The monoisotopic (exact) mass is 300 g/mol. The fourth-order valence-electron chi connectivity index (χ4n) is 1.36. The van der Waals surface area contributed by atoms with E-state index in [0.717, 1.165) is 11.8 Å². The zero-order chi connectivity index (χ0) is 14.6. The van der Waals surface area contributed by atoms with Crippen molar-refractivity contribution >= 4 is 33.0 Å². The summed E-state index contributed by atoms with van der Waals surface area (Å²) in [5, 5.41) is 1.51. The van der Waals surface area contributed by atoms with Gasteiger partial charge in [-0.05, 0) is 18.6 Å². The molecule has 1 unspecified atom stereocenters. The third-order valence-electron chi connectivity index (χ3n) is 2.69. The Kier molecular flexibility index (Phi) is 5.02. The highest BCUT2D eigenvalue weighted by Crippen LogP contribution is 2.06. The number of rotatable bonds is 5. The van der Waals surface area contributed by atoms with Crippen LogP contribution in [0, 0.1) is 0 Å². The average molecular weight is 300 g/mol. The van der Waals surface area contributed by atoms with E-state index >= 15 is 0 Å². The van der Waals surface area contributed by atoms with E-state index in [9.17, 15) is 13.2 Å². The smallest absolute Gasteiger partial charge is 0.238 e. The van der Waals surface area contributed by atoms with Crippen molar-refractivity contribution in [2.45, 2.75) is 18.7 Å². The van der Waals surface area contributed by atoms with Gasteiger partial charge in [-0.25, -0.2) is 8.42 Å². The largest absolute Gasteiger partial charge is 0.389 e. The van der Waals surface area contributed by atoms with E-state index in [1.807, 2.05) is 0 Å². The number of hydrogen-bond donors (Lipinski definition) is 2. The Labute approximate surface area is 118 Å². The number of nitrogens with two attached hydrogens (primary N) is 1. The summed E-state index contributed by atoms with van der Waals surface area (Å²) in [5.74, 6) is -0.525. The van der Waals surface area contributed by atoms with Crippen LogP contribution in [-0.2, 0) is 21.2 Å². The maximum absolute atomic E-state index is 11.6. The van der Waals surface area contributed by atoms with E-state index < -0.39 is 21.0 Å². The molecule has 104 valence electrons. The second kappa shape index (κ2) is 6.12. The molecule has 0 bridgehead atoms. The highest BCUT2D eigenvalue weighted by atomic mass is 32.2. The molecular formula is C12H16N2O3S2. The number of hydrogen-bond acceptors (Lipinski definition) is 4. The molecule has 1 aromatic carbocycles. The number of sulfone groups is 1. The minimum absolute atomic E-state index is 0.231. The number of carbonyl (C=O) groups excluding carboxylic acids is 1. The van der Waals surface area contributed by atoms with E-state index in [4.69, 9.17) is 18.0 Å². The number of nitrogens with one attached hydrogen (secondary N) is 1. The molecule has 0 saturated heterocycles. The van der Waals surface area contributed by atoms with Gasteiger partial charge in [-0.2, -0.15) is 0 Å². The van der Waals surface area contributed by atoms with Crippen molar-refractivity contribution in [1.82, 2.24) is 5.32 Å². The Bertz CT molecular complexity index is 597. The SMILES string of the molecule is CC(C(=O)NCc1cccc(C(N)=S)c1)S(C)(=O)=O. The van der Waals surface area contributed by atoms with Crippen LogP contribution >= 0.6 is 12.2 Å². The van der Waals surface area contributed by atoms with Crippen LogP contribution in [0.25, 0.3) is 0 Å². The van der Waals surface area contributed by atoms with Gasteiger partial charge in [0.25, 0.3) is 0 Å². The van der Waals surface area contributed by atoms with Crippen molar-refractivity contribution in [3.8, 4) is 0 Å². The molecule has 3 N–H and O–H groups in total. The lowest BCUT2D eigenvalue weighted by Gasteiger charge is -2.11. The van der Waals surface area contributed by atoms with Gasteiger partial charge >= 0.3 is 0 Å². The van der Waals surface area contributed by atoms with Crippen LogP contribution in [0.3, 0.4) is 0 Å². The van der Waals surface area contributed by atoms with Gasteiger partial charge in [-0.15, -0.1) is 0 Å². The molecule has 19 heavy (non-hydrogen) atoms. The van der Waals surface area contributed by atoms with Crippen molar-refractivity contribution < 1.29 is 13.2 Å². The summed E-state index contributed by atoms with van der Waals surface area (Å²) in [5.41, 5.74) is 7.02. The molecule has 1 atom stereocenters. The van der Waals surface area contributed by atoms with Crippen molar-refractivity contribution in [2.24, 2.45) is 5.73 Å². The molecule has 1 aromatic rings. The molecule has 0 saturated carbocycles. The Morgan fingerprint density at radius 2 is 2.11 bits per heavy atom. The van der Waals surface area contributed by atoms with Crippen LogP contribution in [0.15, 0.2) is 24.3 Å². The summed E-state index contributed by atoms with van der Waals surface area (Å²) in [4.78, 5) is 11.9. The molecule has 1 amide bonds. The molecule has 0 fully saturated rings. The van der Waals surface area contributed by atoms with Gasteiger partial charge in [0.05, 0.1) is 0 Å². The molecule has 0 spiro atoms. The summed E-state index contributed by atoms with van der Waals surface area (Å²) >= 11 is 4.86. The number of benzene rings is 1. The van der Waals surface area contributed by atoms with Crippen molar-refractivity contribution in [2.75, 3.05) is 6.26 Å². The third-order valence-corrected chi connectivity index (χ3v) is 4.42. The topological polar surface area (TPSA) is 89.3 Å². The molecule has 0 aliphatic carbocycles. The minimum Gasteiger partial charge on any atom is -0.389 e. The molecule has 0 aromatic heterocycles.